The van der Waals surface area contributed by atoms with Gasteiger partial charge in [-0.15, -0.1) is 0 Å². The SMILES string of the molecule is COc1cccc(C(COCC(c2cccc(OC)c2)C(C)C)C(C)C)c1. The summed E-state index contributed by atoms with van der Waals surface area (Å²) in [6.07, 6.45) is 0. The molecule has 3 heteroatoms. The van der Waals surface area contributed by atoms with Crippen LogP contribution < -0.4 is 9.47 Å². The van der Waals surface area contributed by atoms with Gasteiger partial charge in [-0.2, -0.15) is 0 Å². The van der Waals surface area contributed by atoms with Gasteiger partial charge in [0.25, 0.3) is 0 Å². The maximum atomic E-state index is 6.25. The largest absolute Gasteiger partial charge is 0.497 e. The van der Waals surface area contributed by atoms with Gasteiger partial charge in [0, 0.05) is 11.8 Å². The number of benzene rings is 2. The van der Waals surface area contributed by atoms with E-state index in [1.54, 1.807) is 14.2 Å². The Morgan fingerprint density at radius 2 is 1.07 bits per heavy atom. The smallest absolute Gasteiger partial charge is 0.119 e. The van der Waals surface area contributed by atoms with E-state index in [4.69, 9.17) is 14.2 Å². The summed E-state index contributed by atoms with van der Waals surface area (Å²) in [6, 6.07) is 16.6. The fourth-order valence-corrected chi connectivity index (χ4v) is 3.41. The van der Waals surface area contributed by atoms with E-state index in [2.05, 4.69) is 64.1 Å². The molecule has 0 aliphatic carbocycles. The third kappa shape index (κ3) is 6.00. The van der Waals surface area contributed by atoms with Gasteiger partial charge in [-0.3, -0.25) is 0 Å². The van der Waals surface area contributed by atoms with Crippen molar-refractivity contribution in [2.45, 2.75) is 39.5 Å². The first-order chi connectivity index (χ1) is 13.0. The van der Waals surface area contributed by atoms with Gasteiger partial charge in [0.2, 0.25) is 0 Å². The van der Waals surface area contributed by atoms with Crippen molar-refractivity contribution in [1.29, 1.82) is 0 Å². The van der Waals surface area contributed by atoms with Crippen LogP contribution in [0.3, 0.4) is 0 Å². The first-order valence-corrected chi connectivity index (χ1v) is 9.81. The molecule has 148 valence electrons. The molecule has 3 nitrogen and oxygen atoms in total. The highest BCUT2D eigenvalue weighted by molar-refractivity contribution is 5.32. The molecule has 0 N–H and O–H groups in total. The van der Waals surface area contributed by atoms with Crippen molar-refractivity contribution in [2.24, 2.45) is 11.8 Å². The van der Waals surface area contributed by atoms with Gasteiger partial charge in [-0.05, 0) is 47.2 Å². The highest BCUT2D eigenvalue weighted by Gasteiger charge is 2.20. The lowest BCUT2D eigenvalue weighted by atomic mass is 9.88. The fourth-order valence-electron chi connectivity index (χ4n) is 3.41. The van der Waals surface area contributed by atoms with Crippen molar-refractivity contribution in [3.8, 4) is 11.5 Å². The molecule has 0 amide bonds. The Hall–Kier alpha value is -2.00. The maximum Gasteiger partial charge on any atom is 0.119 e. The predicted octanol–water partition coefficient (Wildman–Crippen LogP) is 5.90. The molecule has 0 aliphatic rings. The van der Waals surface area contributed by atoms with Crippen LogP contribution in [0.25, 0.3) is 0 Å². The monoisotopic (exact) mass is 370 g/mol. The van der Waals surface area contributed by atoms with E-state index in [1.165, 1.54) is 11.1 Å². The molecular weight excluding hydrogens is 336 g/mol. The van der Waals surface area contributed by atoms with Gasteiger partial charge >= 0.3 is 0 Å². The van der Waals surface area contributed by atoms with E-state index in [9.17, 15) is 0 Å². The molecule has 0 saturated heterocycles. The molecule has 0 aromatic heterocycles. The Bertz CT molecular complexity index is 634. The molecule has 0 radical (unpaired) electrons. The third-order valence-corrected chi connectivity index (χ3v) is 5.25. The summed E-state index contributed by atoms with van der Waals surface area (Å²) in [7, 11) is 3.42. The second-order valence-corrected chi connectivity index (χ2v) is 7.79. The summed E-state index contributed by atoms with van der Waals surface area (Å²) < 4.78 is 17.0. The second kappa shape index (κ2) is 10.4. The molecule has 2 aromatic carbocycles. The van der Waals surface area contributed by atoms with Crippen LogP contribution in [0.15, 0.2) is 48.5 Å². The average Bonchev–Trinajstić information content (AvgIpc) is 2.67. The van der Waals surface area contributed by atoms with Crippen LogP contribution in [-0.2, 0) is 4.74 Å². The zero-order valence-corrected chi connectivity index (χ0v) is 17.6. The number of methoxy groups -OCH3 is 2. The Labute approximate surface area is 164 Å². The molecule has 0 bridgehead atoms. The molecule has 0 aliphatic heterocycles. The van der Waals surface area contributed by atoms with Crippen LogP contribution in [0.5, 0.6) is 11.5 Å². The molecule has 0 fully saturated rings. The Morgan fingerprint density at radius 1 is 0.667 bits per heavy atom. The molecule has 2 unspecified atom stereocenters. The average molecular weight is 371 g/mol. The van der Waals surface area contributed by atoms with Gasteiger partial charge in [-0.1, -0.05) is 52.0 Å². The van der Waals surface area contributed by atoms with Gasteiger partial charge in [0.15, 0.2) is 0 Å². The van der Waals surface area contributed by atoms with Gasteiger partial charge < -0.3 is 14.2 Å². The summed E-state index contributed by atoms with van der Waals surface area (Å²) in [5, 5.41) is 0. The highest BCUT2D eigenvalue weighted by atomic mass is 16.5. The summed E-state index contributed by atoms with van der Waals surface area (Å²) in [6.45, 7) is 10.4. The molecule has 0 spiro atoms. The number of hydrogen-bond donors (Lipinski definition) is 0. The third-order valence-electron chi connectivity index (χ3n) is 5.25. The van der Waals surface area contributed by atoms with Crippen LogP contribution in [0.1, 0.15) is 50.7 Å². The van der Waals surface area contributed by atoms with E-state index >= 15 is 0 Å². The summed E-state index contributed by atoms with van der Waals surface area (Å²) >= 11 is 0. The van der Waals surface area contributed by atoms with E-state index in [0.29, 0.717) is 36.9 Å². The summed E-state index contributed by atoms with van der Waals surface area (Å²) in [5.41, 5.74) is 2.54. The topological polar surface area (TPSA) is 27.7 Å². The minimum atomic E-state index is 0.346. The minimum absolute atomic E-state index is 0.346. The lowest BCUT2D eigenvalue weighted by molar-refractivity contribution is 0.0866. The van der Waals surface area contributed by atoms with E-state index in [-0.39, 0.29) is 0 Å². The van der Waals surface area contributed by atoms with E-state index in [0.717, 1.165) is 11.5 Å². The molecule has 0 saturated carbocycles. The van der Waals surface area contributed by atoms with Crippen molar-refractivity contribution in [2.75, 3.05) is 27.4 Å². The van der Waals surface area contributed by atoms with Crippen LogP contribution in [0.4, 0.5) is 0 Å². The van der Waals surface area contributed by atoms with Gasteiger partial charge in [-0.25, -0.2) is 0 Å². The molecule has 2 atom stereocenters. The summed E-state index contributed by atoms with van der Waals surface area (Å²) in [4.78, 5) is 0. The van der Waals surface area contributed by atoms with Crippen molar-refractivity contribution in [3.05, 3.63) is 59.7 Å². The first-order valence-electron chi connectivity index (χ1n) is 9.81. The zero-order chi connectivity index (χ0) is 19.8. The number of ether oxygens (including phenoxy) is 3. The lowest BCUT2D eigenvalue weighted by Gasteiger charge is -2.26. The van der Waals surface area contributed by atoms with E-state index in [1.807, 2.05) is 12.1 Å². The predicted molar refractivity (Wildman–Crippen MR) is 112 cm³/mol. The second-order valence-electron chi connectivity index (χ2n) is 7.79. The van der Waals surface area contributed by atoms with Crippen molar-refractivity contribution in [1.82, 2.24) is 0 Å². The summed E-state index contributed by atoms with van der Waals surface area (Å²) in [5.74, 6) is 3.47. The Balaban J connectivity index is 2.07. The van der Waals surface area contributed by atoms with Crippen molar-refractivity contribution < 1.29 is 14.2 Å². The van der Waals surface area contributed by atoms with Crippen molar-refractivity contribution in [3.63, 3.8) is 0 Å². The molecule has 0 heterocycles. The maximum absolute atomic E-state index is 6.25. The first kappa shape index (κ1) is 21.3. The normalized spacial score (nSPS) is 13.6. The van der Waals surface area contributed by atoms with Crippen molar-refractivity contribution >= 4 is 0 Å². The Kier molecular flexibility index (Phi) is 8.18. The lowest BCUT2D eigenvalue weighted by Crippen LogP contribution is -2.19. The van der Waals surface area contributed by atoms with Crippen LogP contribution in [0, 0.1) is 11.8 Å². The quantitative estimate of drug-likeness (QED) is 0.521. The minimum Gasteiger partial charge on any atom is -0.497 e. The molecule has 2 aromatic rings. The van der Waals surface area contributed by atoms with E-state index < -0.39 is 0 Å². The molecular formula is C24H34O3. The van der Waals surface area contributed by atoms with Crippen LogP contribution >= 0.6 is 0 Å². The van der Waals surface area contributed by atoms with Gasteiger partial charge in [0.05, 0.1) is 27.4 Å². The van der Waals surface area contributed by atoms with Gasteiger partial charge in [0.1, 0.15) is 11.5 Å². The highest BCUT2D eigenvalue weighted by Crippen LogP contribution is 2.30. The number of rotatable bonds is 10. The number of hydrogen-bond acceptors (Lipinski definition) is 3. The van der Waals surface area contributed by atoms with Crippen LogP contribution in [-0.4, -0.2) is 27.4 Å². The Morgan fingerprint density at radius 3 is 1.41 bits per heavy atom. The molecule has 27 heavy (non-hydrogen) atoms. The van der Waals surface area contributed by atoms with Crippen LogP contribution in [0.2, 0.25) is 0 Å². The standard InChI is InChI=1S/C24H34O3/c1-17(2)23(19-9-7-11-21(13-19)25-5)15-27-16-24(18(3)4)20-10-8-12-22(14-20)26-6/h7-14,17-18,23-24H,15-16H2,1-6H3. The zero-order valence-electron chi connectivity index (χ0n) is 17.6. The fraction of sp³-hybridized carbons (Fsp3) is 0.500. The molecule has 2 rings (SSSR count).